The van der Waals surface area contributed by atoms with Crippen LogP contribution in [-0.2, 0) is 20.8 Å². The van der Waals surface area contributed by atoms with Crippen LogP contribution in [-0.4, -0.2) is 49.0 Å². The molecule has 0 radical (unpaired) electrons. The molecule has 1 amide bonds. The summed E-state index contributed by atoms with van der Waals surface area (Å²) in [4.78, 5) is 14.2. The third kappa shape index (κ3) is 5.98. The van der Waals surface area contributed by atoms with Crippen LogP contribution in [0, 0.1) is 0 Å². The molecule has 1 aliphatic rings. The fraction of sp³-hybridized carbons (Fsp3) is 0.526. The number of rotatable bonds is 4. The van der Waals surface area contributed by atoms with E-state index in [4.69, 9.17) is 14.2 Å². The highest BCUT2D eigenvalue weighted by atomic mass is 16.6. The fourth-order valence-electron chi connectivity index (χ4n) is 2.40. The number of nitrogens with zero attached hydrogens (tertiary/aromatic N) is 1. The first-order chi connectivity index (χ1) is 11.3. The molecule has 1 aromatic carbocycles. The third-order valence-corrected chi connectivity index (χ3v) is 3.50. The Morgan fingerprint density at radius 2 is 2.04 bits per heavy atom. The van der Waals surface area contributed by atoms with Gasteiger partial charge in [0.05, 0.1) is 32.5 Å². The second kappa shape index (κ2) is 8.31. The average Bonchev–Trinajstić information content (AvgIpc) is 2.68. The minimum absolute atomic E-state index is 0.192. The van der Waals surface area contributed by atoms with Gasteiger partial charge in [0.15, 0.2) is 0 Å². The molecule has 1 atom stereocenters. The predicted octanol–water partition coefficient (Wildman–Crippen LogP) is 3.40. The molecule has 5 heteroatoms. The van der Waals surface area contributed by atoms with E-state index < -0.39 is 5.60 Å². The quantitative estimate of drug-likeness (QED) is 0.793. The SMILES string of the molecule is C=C1COC[C@@H](COCc2ccccc2)N(C(=O)OC(C)(C)C)C1. The number of ether oxygens (including phenoxy) is 3. The van der Waals surface area contributed by atoms with Crippen molar-refractivity contribution in [2.45, 2.75) is 39.0 Å². The molecule has 0 bridgehead atoms. The molecule has 1 fully saturated rings. The second-order valence-electron chi connectivity index (χ2n) is 7.03. The molecule has 0 saturated carbocycles. The van der Waals surface area contributed by atoms with Crippen molar-refractivity contribution < 1.29 is 19.0 Å². The molecule has 132 valence electrons. The second-order valence-corrected chi connectivity index (χ2v) is 7.03. The Balaban J connectivity index is 1.97. The van der Waals surface area contributed by atoms with Crippen molar-refractivity contribution in [3.05, 3.63) is 48.0 Å². The smallest absolute Gasteiger partial charge is 0.410 e. The van der Waals surface area contributed by atoms with Crippen molar-refractivity contribution in [3.8, 4) is 0 Å². The van der Waals surface area contributed by atoms with Crippen LogP contribution in [0.3, 0.4) is 0 Å². The highest BCUT2D eigenvalue weighted by Gasteiger charge is 2.31. The van der Waals surface area contributed by atoms with Gasteiger partial charge in [0, 0.05) is 6.54 Å². The van der Waals surface area contributed by atoms with Gasteiger partial charge in [0.25, 0.3) is 0 Å². The summed E-state index contributed by atoms with van der Waals surface area (Å²) in [5.41, 5.74) is 1.41. The van der Waals surface area contributed by atoms with Gasteiger partial charge in [-0.2, -0.15) is 0 Å². The van der Waals surface area contributed by atoms with E-state index in [0.717, 1.165) is 11.1 Å². The summed E-state index contributed by atoms with van der Waals surface area (Å²) in [6, 6.07) is 9.75. The fourth-order valence-corrected chi connectivity index (χ4v) is 2.40. The molecule has 0 aromatic heterocycles. The number of carbonyl (C=O) groups is 1. The van der Waals surface area contributed by atoms with Crippen LogP contribution < -0.4 is 0 Å². The van der Waals surface area contributed by atoms with E-state index >= 15 is 0 Å². The molecule has 0 unspecified atom stereocenters. The lowest BCUT2D eigenvalue weighted by molar-refractivity contribution is -0.00979. The van der Waals surface area contributed by atoms with E-state index in [1.807, 2.05) is 51.1 Å². The molecule has 0 aliphatic carbocycles. The van der Waals surface area contributed by atoms with E-state index in [1.54, 1.807) is 4.90 Å². The maximum Gasteiger partial charge on any atom is 0.410 e. The van der Waals surface area contributed by atoms with E-state index in [1.165, 1.54) is 0 Å². The summed E-state index contributed by atoms with van der Waals surface area (Å²) in [7, 11) is 0. The largest absolute Gasteiger partial charge is 0.444 e. The molecule has 0 N–H and O–H groups in total. The lowest BCUT2D eigenvalue weighted by atomic mass is 10.2. The number of benzene rings is 1. The van der Waals surface area contributed by atoms with Crippen LogP contribution in [0.4, 0.5) is 4.79 Å². The van der Waals surface area contributed by atoms with Crippen LogP contribution in [0.25, 0.3) is 0 Å². The first-order valence-corrected chi connectivity index (χ1v) is 8.21. The van der Waals surface area contributed by atoms with Crippen LogP contribution in [0.5, 0.6) is 0 Å². The minimum Gasteiger partial charge on any atom is -0.444 e. The van der Waals surface area contributed by atoms with Crippen molar-refractivity contribution >= 4 is 6.09 Å². The van der Waals surface area contributed by atoms with Gasteiger partial charge in [-0.15, -0.1) is 0 Å². The van der Waals surface area contributed by atoms with Gasteiger partial charge in [-0.05, 0) is 31.9 Å². The zero-order valence-corrected chi connectivity index (χ0v) is 14.8. The summed E-state index contributed by atoms with van der Waals surface area (Å²) in [6.07, 6.45) is -0.359. The van der Waals surface area contributed by atoms with E-state index in [9.17, 15) is 4.79 Å². The van der Waals surface area contributed by atoms with Gasteiger partial charge in [-0.3, -0.25) is 4.90 Å². The van der Waals surface area contributed by atoms with Gasteiger partial charge in [0.1, 0.15) is 5.60 Å². The number of hydrogen-bond acceptors (Lipinski definition) is 4. The molecule has 0 spiro atoms. The first kappa shape index (κ1) is 18.5. The van der Waals surface area contributed by atoms with Crippen molar-refractivity contribution in [2.24, 2.45) is 0 Å². The van der Waals surface area contributed by atoms with E-state index in [-0.39, 0.29) is 12.1 Å². The van der Waals surface area contributed by atoms with Crippen molar-refractivity contribution in [2.75, 3.05) is 26.4 Å². The first-order valence-electron chi connectivity index (χ1n) is 8.21. The Morgan fingerprint density at radius 1 is 1.33 bits per heavy atom. The molecule has 2 rings (SSSR count). The maximum absolute atomic E-state index is 12.5. The van der Waals surface area contributed by atoms with Gasteiger partial charge in [-0.1, -0.05) is 36.9 Å². The van der Waals surface area contributed by atoms with Gasteiger partial charge < -0.3 is 14.2 Å². The maximum atomic E-state index is 12.5. The predicted molar refractivity (Wildman–Crippen MR) is 92.8 cm³/mol. The Kier molecular flexibility index (Phi) is 6.40. The molecule has 1 aromatic rings. The van der Waals surface area contributed by atoms with E-state index in [0.29, 0.717) is 33.0 Å². The van der Waals surface area contributed by atoms with Gasteiger partial charge >= 0.3 is 6.09 Å². The Labute approximate surface area is 144 Å². The minimum atomic E-state index is -0.541. The van der Waals surface area contributed by atoms with Crippen LogP contribution in [0.1, 0.15) is 26.3 Å². The van der Waals surface area contributed by atoms with Gasteiger partial charge in [-0.25, -0.2) is 4.79 Å². The zero-order chi connectivity index (χ0) is 17.6. The van der Waals surface area contributed by atoms with Crippen molar-refractivity contribution in [1.82, 2.24) is 4.90 Å². The van der Waals surface area contributed by atoms with E-state index in [2.05, 4.69) is 6.58 Å². The van der Waals surface area contributed by atoms with Crippen LogP contribution in [0.15, 0.2) is 42.5 Å². The molecular weight excluding hydrogens is 306 g/mol. The lowest BCUT2D eigenvalue weighted by Crippen LogP contribution is -2.47. The number of amides is 1. The lowest BCUT2D eigenvalue weighted by Gasteiger charge is -2.31. The monoisotopic (exact) mass is 333 g/mol. The Morgan fingerprint density at radius 3 is 2.71 bits per heavy atom. The molecule has 24 heavy (non-hydrogen) atoms. The Hall–Kier alpha value is -1.85. The van der Waals surface area contributed by atoms with Gasteiger partial charge in [0.2, 0.25) is 0 Å². The molecule has 1 saturated heterocycles. The number of carbonyl (C=O) groups excluding carboxylic acids is 1. The Bertz CT molecular complexity index is 550. The highest BCUT2D eigenvalue weighted by Crippen LogP contribution is 2.17. The van der Waals surface area contributed by atoms with Crippen molar-refractivity contribution in [1.29, 1.82) is 0 Å². The molecular formula is C19H27NO4. The van der Waals surface area contributed by atoms with Crippen LogP contribution >= 0.6 is 0 Å². The standard InChI is InChI=1S/C19H27NO4/c1-15-10-20(18(21)24-19(2,3)4)17(13-22-11-15)14-23-12-16-8-6-5-7-9-16/h5-9,17H,1,10-14H2,2-4H3/t17-/m0/s1. The number of hydrogen-bond donors (Lipinski definition) is 0. The zero-order valence-electron chi connectivity index (χ0n) is 14.8. The highest BCUT2D eigenvalue weighted by molar-refractivity contribution is 5.69. The summed E-state index contributed by atoms with van der Waals surface area (Å²) < 4.78 is 16.9. The summed E-state index contributed by atoms with van der Waals surface area (Å²) >= 11 is 0. The topological polar surface area (TPSA) is 48.0 Å². The third-order valence-electron chi connectivity index (χ3n) is 3.50. The van der Waals surface area contributed by atoms with Crippen LogP contribution in [0.2, 0.25) is 0 Å². The normalized spacial score (nSPS) is 19.0. The molecule has 1 heterocycles. The summed E-state index contributed by atoms with van der Waals surface area (Å²) in [6.45, 7) is 11.7. The summed E-state index contributed by atoms with van der Waals surface area (Å²) in [5.74, 6) is 0. The van der Waals surface area contributed by atoms with Crippen molar-refractivity contribution in [3.63, 3.8) is 0 Å². The average molecular weight is 333 g/mol. The summed E-state index contributed by atoms with van der Waals surface area (Å²) in [5, 5.41) is 0. The molecule has 1 aliphatic heterocycles. The molecule has 5 nitrogen and oxygen atoms in total.